The monoisotopic (exact) mass is 483 g/mol. The highest BCUT2D eigenvalue weighted by Crippen LogP contribution is 2.37. The lowest BCUT2D eigenvalue weighted by atomic mass is 10.1. The second kappa shape index (κ2) is 10.4. The van der Waals surface area contributed by atoms with Crippen molar-refractivity contribution in [1.29, 1.82) is 0 Å². The number of anilines is 1. The number of para-hydroxylation sites is 4. The molecule has 0 spiro atoms. The van der Waals surface area contributed by atoms with Gasteiger partial charge in [0.2, 0.25) is 5.91 Å². The summed E-state index contributed by atoms with van der Waals surface area (Å²) < 4.78 is 14.1. The molecular formula is C30H33N3O3. The molecule has 0 aliphatic carbocycles. The predicted molar refractivity (Wildman–Crippen MR) is 143 cm³/mol. The minimum atomic E-state index is 0.0141. The Balaban J connectivity index is 1.35. The van der Waals surface area contributed by atoms with Gasteiger partial charge in [0.15, 0.2) is 0 Å². The first-order valence-electron chi connectivity index (χ1n) is 12.7. The minimum absolute atomic E-state index is 0.0141. The van der Waals surface area contributed by atoms with Gasteiger partial charge in [0.25, 0.3) is 0 Å². The van der Waals surface area contributed by atoms with E-state index < -0.39 is 0 Å². The third-order valence-corrected chi connectivity index (χ3v) is 6.90. The molecule has 1 aliphatic heterocycles. The number of carbonyl (C=O) groups is 1. The quantitative estimate of drug-likeness (QED) is 0.272. The normalized spacial score (nSPS) is 15.6. The van der Waals surface area contributed by atoms with Crippen LogP contribution in [0.2, 0.25) is 0 Å². The Hall–Kier alpha value is -3.80. The standard InChI is InChI=1S/C30H33N3O3/c1-4-35-28-13-8-7-12-27(28)33-20-23(19-29(33)34)30-31-25-10-5-6-11-26(25)32(30)16-9-17-36-24-15-14-21(2)22(3)18-24/h5-8,10-15,18,23H,4,9,16-17,19-20H2,1-3H3. The molecule has 1 amide bonds. The second-order valence-electron chi connectivity index (χ2n) is 9.36. The van der Waals surface area contributed by atoms with Crippen LogP contribution >= 0.6 is 0 Å². The maximum absolute atomic E-state index is 13.1. The van der Waals surface area contributed by atoms with E-state index in [2.05, 4.69) is 36.6 Å². The number of amides is 1. The van der Waals surface area contributed by atoms with Crippen LogP contribution in [0.4, 0.5) is 5.69 Å². The van der Waals surface area contributed by atoms with Crippen molar-refractivity contribution in [3.05, 3.63) is 83.7 Å². The van der Waals surface area contributed by atoms with Gasteiger partial charge >= 0.3 is 0 Å². The van der Waals surface area contributed by atoms with Crippen LogP contribution in [0, 0.1) is 13.8 Å². The minimum Gasteiger partial charge on any atom is -0.494 e. The molecule has 1 saturated heterocycles. The number of nitrogens with zero attached hydrogens (tertiary/aromatic N) is 3. The lowest BCUT2D eigenvalue weighted by Crippen LogP contribution is -2.25. The lowest BCUT2D eigenvalue weighted by Gasteiger charge is -2.20. The third-order valence-electron chi connectivity index (χ3n) is 6.90. The second-order valence-corrected chi connectivity index (χ2v) is 9.36. The Kier molecular flexibility index (Phi) is 6.94. The van der Waals surface area contributed by atoms with Gasteiger partial charge < -0.3 is 18.9 Å². The first-order valence-corrected chi connectivity index (χ1v) is 12.7. The fraction of sp³-hybridized carbons (Fsp3) is 0.333. The van der Waals surface area contributed by atoms with Crippen LogP contribution < -0.4 is 14.4 Å². The first kappa shape index (κ1) is 23.9. The average molecular weight is 484 g/mol. The molecule has 0 radical (unpaired) electrons. The number of fused-ring (bicyclic) bond motifs is 1. The molecule has 6 heteroatoms. The molecule has 6 nitrogen and oxygen atoms in total. The number of aromatic nitrogens is 2. The number of ether oxygens (including phenoxy) is 2. The van der Waals surface area contributed by atoms with E-state index in [1.165, 1.54) is 11.1 Å². The molecule has 4 aromatic rings. The maximum atomic E-state index is 13.1. The number of aryl methyl sites for hydroxylation is 3. The summed E-state index contributed by atoms with van der Waals surface area (Å²) in [7, 11) is 0. The zero-order chi connectivity index (χ0) is 25.1. The van der Waals surface area contributed by atoms with E-state index in [0.29, 0.717) is 26.2 Å². The summed E-state index contributed by atoms with van der Waals surface area (Å²) in [4.78, 5) is 20.0. The Morgan fingerprint density at radius 3 is 2.61 bits per heavy atom. The summed E-state index contributed by atoms with van der Waals surface area (Å²) in [5, 5.41) is 0. The van der Waals surface area contributed by atoms with Gasteiger partial charge in [-0.2, -0.15) is 0 Å². The zero-order valence-electron chi connectivity index (χ0n) is 21.2. The van der Waals surface area contributed by atoms with Gasteiger partial charge in [-0.15, -0.1) is 0 Å². The molecule has 1 aromatic heterocycles. The Morgan fingerprint density at radius 1 is 0.972 bits per heavy atom. The van der Waals surface area contributed by atoms with Gasteiger partial charge in [-0.1, -0.05) is 30.3 Å². The maximum Gasteiger partial charge on any atom is 0.227 e. The Bertz CT molecular complexity index is 1380. The van der Waals surface area contributed by atoms with Crippen LogP contribution in [0.25, 0.3) is 11.0 Å². The summed E-state index contributed by atoms with van der Waals surface area (Å²) in [6.07, 6.45) is 1.28. The van der Waals surface area contributed by atoms with Gasteiger partial charge in [-0.05, 0) is 74.7 Å². The number of imidazole rings is 1. The van der Waals surface area contributed by atoms with Gasteiger partial charge in [0, 0.05) is 25.4 Å². The first-order chi connectivity index (χ1) is 17.5. The van der Waals surface area contributed by atoms with Crippen molar-refractivity contribution in [1.82, 2.24) is 9.55 Å². The molecule has 36 heavy (non-hydrogen) atoms. The van der Waals surface area contributed by atoms with E-state index in [9.17, 15) is 4.79 Å². The smallest absolute Gasteiger partial charge is 0.227 e. The van der Waals surface area contributed by atoms with Crippen LogP contribution in [0.5, 0.6) is 11.5 Å². The molecule has 2 heterocycles. The van der Waals surface area contributed by atoms with Crippen molar-refractivity contribution in [3.63, 3.8) is 0 Å². The van der Waals surface area contributed by atoms with Gasteiger partial charge in [0.1, 0.15) is 17.3 Å². The largest absolute Gasteiger partial charge is 0.494 e. The van der Waals surface area contributed by atoms with Gasteiger partial charge in [0.05, 0.1) is 29.9 Å². The summed E-state index contributed by atoms with van der Waals surface area (Å²) in [6, 6.07) is 22.2. The molecule has 1 aliphatic rings. The van der Waals surface area contributed by atoms with Crippen LogP contribution in [0.1, 0.15) is 42.6 Å². The zero-order valence-corrected chi connectivity index (χ0v) is 21.2. The fourth-order valence-electron chi connectivity index (χ4n) is 4.93. The van der Waals surface area contributed by atoms with E-state index in [1.54, 1.807) is 0 Å². The number of hydrogen-bond acceptors (Lipinski definition) is 4. The summed E-state index contributed by atoms with van der Waals surface area (Å²) >= 11 is 0. The molecule has 5 rings (SSSR count). The number of carbonyl (C=O) groups excluding carboxylic acids is 1. The van der Waals surface area contributed by atoms with Crippen LogP contribution in [-0.2, 0) is 11.3 Å². The van der Waals surface area contributed by atoms with Gasteiger partial charge in [-0.3, -0.25) is 4.79 Å². The van der Waals surface area contributed by atoms with Crippen LogP contribution in [-0.4, -0.2) is 35.2 Å². The van der Waals surface area contributed by atoms with E-state index in [0.717, 1.165) is 47.0 Å². The Morgan fingerprint density at radius 2 is 1.78 bits per heavy atom. The third kappa shape index (κ3) is 4.81. The number of rotatable bonds is 9. The molecule has 0 saturated carbocycles. The van der Waals surface area contributed by atoms with Crippen LogP contribution in [0.15, 0.2) is 66.7 Å². The van der Waals surface area contributed by atoms with Crippen molar-refractivity contribution in [3.8, 4) is 11.5 Å². The lowest BCUT2D eigenvalue weighted by molar-refractivity contribution is -0.117. The molecular weight excluding hydrogens is 450 g/mol. The molecule has 0 N–H and O–H groups in total. The van der Waals surface area contributed by atoms with Crippen LogP contribution in [0.3, 0.4) is 0 Å². The fourth-order valence-corrected chi connectivity index (χ4v) is 4.93. The van der Waals surface area contributed by atoms with E-state index in [-0.39, 0.29) is 11.8 Å². The highest BCUT2D eigenvalue weighted by molar-refractivity contribution is 5.97. The summed E-state index contributed by atoms with van der Waals surface area (Å²) in [6.45, 7) is 8.71. The topological polar surface area (TPSA) is 56.6 Å². The molecule has 1 unspecified atom stereocenters. The predicted octanol–water partition coefficient (Wildman–Crippen LogP) is 6.04. The van der Waals surface area contributed by atoms with Crippen molar-refractivity contribution in [2.75, 3.05) is 24.7 Å². The van der Waals surface area contributed by atoms with E-state index in [4.69, 9.17) is 14.5 Å². The summed E-state index contributed by atoms with van der Waals surface area (Å²) in [5.41, 5.74) is 5.39. The van der Waals surface area contributed by atoms with Crippen molar-refractivity contribution in [2.24, 2.45) is 0 Å². The van der Waals surface area contributed by atoms with E-state index in [1.807, 2.05) is 60.4 Å². The molecule has 1 atom stereocenters. The molecule has 0 bridgehead atoms. The molecule has 3 aromatic carbocycles. The Labute approximate surface area is 212 Å². The van der Waals surface area contributed by atoms with Crippen molar-refractivity contribution < 1.29 is 14.3 Å². The summed E-state index contributed by atoms with van der Waals surface area (Å²) in [5.74, 6) is 2.72. The number of benzene rings is 3. The van der Waals surface area contributed by atoms with Gasteiger partial charge in [-0.25, -0.2) is 4.98 Å². The van der Waals surface area contributed by atoms with E-state index >= 15 is 0 Å². The average Bonchev–Trinajstić information content (AvgIpc) is 3.45. The molecule has 186 valence electrons. The van der Waals surface area contributed by atoms with Crippen molar-refractivity contribution in [2.45, 2.75) is 46.1 Å². The number of hydrogen-bond donors (Lipinski definition) is 0. The SMILES string of the molecule is CCOc1ccccc1N1CC(c2nc3ccccc3n2CCCOc2ccc(C)c(C)c2)CC1=O. The highest BCUT2D eigenvalue weighted by Gasteiger charge is 2.35. The van der Waals surface area contributed by atoms with Crippen molar-refractivity contribution >= 4 is 22.6 Å². The highest BCUT2D eigenvalue weighted by atomic mass is 16.5. The molecule has 1 fully saturated rings.